The minimum Gasteiger partial charge on any atom is -0.465 e. The van der Waals surface area contributed by atoms with Gasteiger partial charge in [0.05, 0.1) is 29.3 Å². The van der Waals surface area contributed by atoms with Crippen LogP contribution in [0.3, 0.4) is 0 Å². The molecule has 1 aromatic rings. The minimum absolute atomic E-state index is 0.0103. The van der Waals surface area contributed by atoms with Gasteiger partial charge in [-0.15, -0.1) is 0 Å². The molecular weight excluding hydrogens is 448 g/mol. The molecule has 0 heterocycles. The summed E-state index contributed by atoms with van der Waals surface area (Å²) < 4.78 is 10.6. The number of ketones is 1. The Balaban J connectivity index is 1.98. The van der Waals surface area contributed by atoms with Crippen LogP contribution in [-0.4, -0.2) is 54.0 Å². The van der Waals surface area contributed by atoms with Crippen molar-refractivity contribution in [3.8, 4) is 0 Å². The van der Waals surface area contributed by atoms with Gasteiger partial charge >= 0.3 is 12.1 Å². The normalized spacial score (nSPS) is 18.3. The van der Waals surface area contributed by atoms with E-state index in [-0.39, 0.29) is 29.9 Å². The first-order valence-corrected chi connectivity index (χ1v) is 11.9. The Hall–Kier alpha value is -3.42. The summed E-state index contributed by atoms with van der Waals surface area (Å²) in [5.41, 5.74) is -0.855. The summed E-state index contributed by atoms with van der Waals surface area (Å²) in [6, 6.07) is 4.53. The summed E-state index contributed by atoms with van der Waals surface area (Å²) in [5, 5.41) is 2.60. The first kappa shape index (κ1) is 26.2. The molecule has 0 aliphatic heterocycles. The van der Waals surface area contributed by atoms with Gasteiger partial charge in [-0.1, -0.05) is 36.8 Å². The molecule has 1 saturated carbocycles. The predicted octanol–water partition coefficient (Wildman–Crippen LogP) is 4.54. The second-order valence-electron chi connectivity index (χ2n) is 9.90. The molecule has 8 heteroatoms. The van der Waals surface area contributed by atoms with Crippen molar-refractivity contribution in [2.24, 2.45) is 0 Å². The Labute approximate surface area is 206 Å². The van der Waals surface area contributed by atoms with Crippen molar-refractivity contribution < 1.29 is 28.7 Å². The van der Waals surface area contributed by atoms with Gasteiger partial charge in [-0.25, -0.2) is 4.79 Å². The zero-order chi connectivity index (χ0) is 25.8. The molecule has 1 fully saturated rings. The summed E-state index contributed by atoms with van der Waals surface area (Å²) in [4.78, 5) is 53.3. The van der Waals surface area contributed by atoms with Crippen molar-refractivity contribution >= 4 is 29.4 Å². The number of esters is 1. The number of carbonyl (C=O) groups is 4. The molecule has 35 heavy (non-hydrogen) atoms. The van der Waals surface area contributed by atoms with E-state index < -0.39 is 28.8 Å². The van der Waals surface area contributed by atoms with Crippen LogP contribution in [0.5, 0.6) is 0 Å². The maximum atomic E-state index is 13.5. The van der Waals surface area contributed by atoms with Gasteiger partial charge in [0.1, 0.15) is 5.60 Å². The van der Waals surface area contributed by atoms with E-state index in [9.17, 15) is 19.2 Å². The van der Waals surface area contributed by atoms with Gasteiger partial charge in [0.15, 0.2) is 0 Å². The maximum absolute atomic E-state index is 13.5. The van der Waals surface area contributed by atoms with E-state index >= 15 is 0 Å². The monoisotopic (exact) mass is 482 g/mol. The largest absolute Gasteiger partial charge is 0.465 e. The van der Waals surface area contributed by atoms with Crippen LogP contribution in [0.15, 0.2) is 42.5 Å². The quantitative estimate of drug-likeness (QED) is 0.348. The number of ether oxygens (including phenoxy) is 2. The molecule has 0 radical (unpaired) electrons. The second-order valence-corrected chi connectivity index (χ2v) is 9.90. The third kappa shape index (κ3) is 5.81. The van der Waals surface area contributed by atoms with Crippen LogP contribution in [0.2, 0.25) is 0 Å². The number of rotatable bonds is 7. The predicted molar refractivity (Wildman–Crippen MR) is 132 cm³/mol. The molecule has 188 valence electrons. The highest BCUT2D eigenvalue weighted by atomic mass is 16.6. The summed E-state index contributed by atoms with van der Waals surface area (Å²) in [5.74, 6) is -1.83. The van der Waals surface area contributed by atoms with Gasteiger partial charge in [0, 0.05) is 7.05 Å². The summed E-state index contributed by atoms with van der Waals surface area (Å²) in [7, 11) is 1.57. The highest BCUT2D eigenvalue weighted by Crippen LogP contribution is 2.45. The van der Waals surface area contributed by atoms with Crippen LogP contribution in [-0.2, 0) is 24.5 Å². The lowest BCUT2D eigenvalue weighted by Gasteiger charge is -2.40. The molecule has 3 rings (SSSR count). The number of carbonyl (C=O) groups excluding carboxylic acids is 4. The van der Waals surface area contributed by atoms with Crippen LogP contribution in [0.25, 0.3) is 0 Å². The first-order chi connectivity index (χ1) is 16.5. The Morgan fingerprint density at radius 1 is 1.14 bits per heavy atom. The SMILES string of the molecule is CCOC(=O)C1(c2ccc(NC(=O)OC(C)(C)C)c(C(=O)C(=O)N(C)C3C=CC=CC3)c2)CCC1. The van der Waals surface area contributed by atoms with Gasteiger partial charge in [-0.3, -0.25) is 19.7 Å². The molecule has 0 spiro atoms. The Morgan fingerprint density at radius 3 is 2.40 bits per heavy atom. The topological polar surface area (TPSA) is 102 Å². The van der Waals surface area contributed by atoms with Crippen LogP contribution in [0.4, 0.5) is 10.5 Å². The molecule has 8 nitrogen and oxygen atoms in total. The van der Waals surface area contributed by atoms with E-state index in [0.717, 1.165) is 6.42 Å². The molecule has 0 aromatic heterocycles. The Kier molecular flexibility index (Phi) is 7.83. The van der Waals surface area contributed by atoms with Crippen LogP contribution >= 0.6 is 0 Å². The molecule has 2 aliphatic carbocycles. The Morgan fingerprint density at radius 2 is 1.86 bits per heavy atom. The van der Waals surface area contributed by atoms with Gasteiger partial charge in [0.25, 0.3) is 11.7 Å². The average Bonchev–Trinajstić information content (AvgIpc) is 2.77. The molecular formula is C27H34N2O6. The molecule has 0 saturated heterocycles. The lowest BCUT2D eigenvalue weighted by molar-refractivity contribution is -0.153. The first-order valence-electron chi connectivity index (χ1n) is 11.9. The van der Waals surface area contributed by atoms with Crippen LogP contribution < -0.4 is 5.32 Å². The van der Waals surface area contributed by atoms with E-state index in [2.05, 4.69) is 5.32 Å². The second kappa shape index (κ2) is 10.5. The van der Waals surface area contributed by atoms with Gasteiger partial charge < -0.3 is 14.4 Å². The number of benzene rings is 1. The number of allylic oxidation sites excluding steroid dienone is 2. The number of likely N-dealkylation sites (N-methyl/N-ethyl adjacent to an activating group) is 1. The van der Waals surface area contributed by atoms with Crippen molar-refractivity contribution in [2.75, 3.05) is 19.0 Å². The van der Waals surface area contributed by atoms with Crippen molar-refractivity contribution in [1.29, 1.82) is 0 Å². The van der Waals surface area contributed by atoms with Crippen molar-refractivity contribution in [2.45, 2.75) is 70.4 Å². The Bertz CT molecular complexity index is 1060. The highest BCUT2D eigenvalue weighted by Gasteiger charge is 2.47. The summed E-state index contributed by atoms with van der Waals surface area (Å²) in [6.07, 6.45) is 9.37. The number of amides is 2. The zero-order valence-corrected chi connectivity index (χ0v) is 21.1. The highest BCUT2D eigenvalue weighted by molar-refractivity contribution is 6.44. The molecule has 2 aliphatic rings. The van der Waals surface area contributed by atoms with E-state index in [1.54, 1.807) is 46.9 Å². The number of nitrogens with one attached hydrogen (secondary N) is 1. The summed E-state index contributed by atoms with van der Waals surface area (Å²) in [6.45, 7) is 7.18. The lowest BCUT2D eigenvalue weighted by Crippen LogP contribution is -2.44. The minimum atomic E-state index is -0.860. The fourth-order valence-electron chi connectivity index (χ4n) is 4.24. The molecule has 1 atom stereocenters. The molecule has 1 unspecified atom stereocenters. The molecule has 1 aromatic carbocycles. The zero-order valence-electron chi connectivity index (χ0n) is 21.1. The van der Waals surface area contributed by atoms with Gasteiger partial charge in [-0.2, -0.15) is 0 Å². The number of anilines is 1. The average molecular weight is 483 g/mol. The third-order valence-corrected chi connectivity index (χ3v) is 6.30. The standard InChI is InChI=1S/C27H34N2O6/c1-6-34-24(32)27(15-10-16-27)18-13-14-21(28-25(33)35-26(2,3)4)20(17-18)22(30)23(31)29(5)19-11-8-7-9-12-19/h7-9,11,13-14,17,19H,6,10,12,15-16H2,1-5H3,(H,28,33). The van der Waals surface area contributed by atoms with E-state index in [1.165, 1.54) is 11.0 Å². The number of Topliss-reactive ketones (excluding diaryl/α,β-unsaturated/α-hetero) is 1. The van der Waals surface area contributed by atoms with E-state index in [0.29, 0.717) is 24.8 Å². The smallest absolute Gasteiger partial charge is 0.412 e. The van der Waals surface area contributed by atoms with Crippen molar-refractivity contribution in [1.82, 2.24) is 4.90 Å². The third-order valence-electron chi connectivity index (χ3n) is 6.30. The fraction of sp³-hybridized carbons (Fsp3) is 0.481. The lowest BCUT2D eigenvalue weighted by atomic mass is 9.64. The van der Waals surface area contributed by atoms with E-state index in [1.807, 2.05) is 24.3 Å². The number of hydrogen-bond donors (Lipinski definition) is 1. The number of hydrogen-bond acceptors (Lipinski definition) is 6. The fourth-order valence-corrected chi connectivity index (χ4v) is 4.24. The van der Waals surface area contributed by atoms with Crippen molar-refractivity contribution in [3.63, 3.8) is 0 Å². The molecule has 2 amide bonds. The molecule has 0 bridgehead atoms. The van der Waals surface area contributed by atoms with Crippen LogP contribution in [0, 0.1) is 0 Å². The van der Waals surface area contributed by atoms with E-state index in [4.69, 9.17) is 9.47 Å². The van der Waals surface area contributed by atoms with Gasteiger partial charge in [0.2, 0.25) is 0 Å². The van der Waals surface area contributed by atoms with Crippen LogP contribution in [0.1, 0.15) is 69.3 Å². The maximum Gasteiger partial charge on any atom is 0.412 e. The van der Waals surface area contributed by atoms with Gasteiger partial charge in [-0.05, 0) is 64.7 Å². The summed E-state index contributed by atoms with van der Waals surface area (Å²) >= 11 is 0. The molecule has 1 N–H and O–H groups in total. The number of nitrogens with zero attached hydrogens (tertiary/aromatic N) is 1. The van der Waals surface area contributed by atoms with Crippen molar-refractivity contribution in [3.05, 3.63) is 53.6 Å².